The smallest absolute Gasteiger partial charge is 0.0739 e. The lowest BCUT2D eigenvalue weighted by Crippen LogP contribution is -2.19. The van der Waals surface area contributed by atoms with Crippen LogP contribution in [0.15, 0.2) is 28.7 Å². The molecule has 0 fully saturated rings. The molecule has 0 aliphatic carbocycles. The van der Waals surface area contributed by atoms with E-state index >= 15 is 0 Å². The molecule has 1 aromatic heterocycles. The van der Waals surface area contributed by atoms with Crippen molar-refractivity contribution in [1.82, 2.24) is 15.1 Å². The van der Waals surface area contributed by atoms with E-state index in [1.54, 1.807) is 0 Å². The summed E-state index contributed by atoms with van der Waals surface area (Å²) in [5.74, 6) is 0. The van der Waals surface area contributed by atoms with E-state index in [0.29, 0.717) is 0 Å². The molecule has 0 unspecified atom stereocenters. The second-order valence-electron chi connectivity index (χ2n) is 4.72. The molecule has 2 rings (SSSR count). The molecular formula is C15H19BrClN3. The third kappa shape index (κ3) is 3.84. The number of hydrogen-bond donors (Lipinski definition) is 1. The van der Waals surface area contributed by atoms with Gasteiger partial charge in [-0.2, -0.15) is 5.10 Å². The van der Waals surface area contributed by atoms with Gasteiger partial charge in [0.15, 0.2) is 0 Å². The van der Waals surface area contributed by atoms with Crippen molar-refractivity contribution in [3.63, 3.8) is 0 Å². The van der Waals surface area contributed by atoms with Gasteiger partial charge in [-0.05, 0) is 60.4 Å². The summed E-state index contributed by atoms with van der Waals surface area (Å²) in [6, 6.07) is 8.01. The van der Waals surface area contributed by atoms with E-state index in [0.717, 1.165) is 41.2 Å². The van der Waals surface area contributed by atoms with E-state index in [4.69, 9.17) is 11.6 Å². The Kier molecular flexibility index (Phi) is 5.64. The molecule has 0 bridgehead atoms. The molecule has 0 atom stereocenters. The van der Waals surface area contributed by atoms with Gasteiger partial charge in [-0.25, -0.2) is 0 Å². The van der Waals surface area contributed by atoms with Crippen molar-refractivity contribution in [3.8, 4) is 0 Å². The second-order valence-corrected chi connectivity index (χ2v) is 5.94. The Hall–Kier alpha value is -0.840. The zero-order valence-electron chi connectivity index (χ0n) is 11.8. The van der Waals surface area contributed by atoms with Gasteiger partial charge in [0.1, 0.15) is 0 Å². The zero-order valence-corrected chi connectivity index (χ0v) is 14.1. The topological polar surface area (TPSA) is 29.9 Å². The molecular weight excluding hydrogens is 338 g/mol. The molecule has 1 aromatic carbocycles. The van der Waals surface area contributed by atoms with E-state index in [9.17, 15) is 0 Å². The highest BCUT2D eigenvalue weighted by atomic mass is 79.9. The fourth-order valence-corrected chi connectivity index (χ4v) is 2.68. The lowest BCUT2D eigenvalue weighted by Gasteiger charge is -2.08. The zero-order chi connectivity index (χ0) is 14.5. The van der Waals surface area contributed by atoms with Gasteiger partial charge in [0, 0.05) is 18.1 Å². The molecule has 0 radical (unpaired) electrons. The van der Waals surface area contributed by atoms with Crippen LogP contribution in [0.3, 0.4) is 0 Å². The molecule has 108 valence electrons. The summed E-state index contributed by atoms with van der Waals surface area (Å²) in [4.78, 5) is 0. The Balaban J connectivity index is 1.85. The van der Waals surface area contributed by atoms with Crippen molar-refractivity contribution >= 4 is 27.5 Å². The highest BCUT2D eigenvalue weighted by Gasteiger charge is 2.10. The SMILES string of the molecule is CCn1nc(C)c(Br)c1CNCCc1ccc(Cl)cc1. The Morgan fingerprint density at radius 2 is 2.00 bits per heavy atom. The summed E-state index contributed by atoms with van der Waals surface area (Å²) >= 11 is 9.48. The van der Waals surface area contributed by atoms with Crippen molar-refractivity contribution < 1.29 is 0 Å². The van der Waals surface area contributed by atoms with Crippen LogP contribution in [0.1, 0.15) is 23.9 Å². The molecule has 20 heavy (non-hydrogen) atoms. The van der Waals surface area contributed by atoms with Gasteiger partial charge >= 0.3 is 0 Å². The molecule has 0 aliphatic rings. The quantitative estimate of drug-likeness (QED) is 0.794. The summed E-state index contributed by atoms with van der Waals surface area (Å²) in [6.45, 7) is 6.77. The van der Waals surface area contributed by atoms with E-state index in [1.807, 2.05) is 23.7 Å². The normalized spacial score (nSPS) is 11.0. The first-order chi connectivity index (χ1) is 9.61. The van der Waals surface area contributed by atoms with Crippen molar-refractivity contribution in [2.45, 2.75) is 33.4 Å². The van der Waals surface area contributed by atoms with Gasteiger partial charge in [-0.3, -0.25) is 4.68 Å². The third-order valence-electron chi connectivity index (χ3n) is 3.25. The lowest BCUT2D eigenvalue weighted by molar-refractivity contribution is 0.579. The average molecular weight is 357 g/mol. The Morgan fingerprint density at radius 1 is 1.30 bits per heavy atom. The molecule has 0 amide bonds. The molecule has 3 nitrogen and oxygen atoms in total. The average Bonchev–Trinajstić information content (AvgIpc) is 2.72. The minimum absolute atomic E-state index is 0.785. The van der Waals surface area contributed by atoms with Crippen molar-refractivity contribution in [2.24, 2.45) is 0 Å². The molecule has 0 saturated carbocycles. The van der Waals surface area contributed by atoms with E-state index in [2.05, 4.69) is 45.4 Å². The summed E-state index contributed by atoms with van der Waals surface area (Å²) in [6.07, 6.45) is 0.994. The van der Waals surface area contributed by atoms with Crippen LogP contribution in [-0.4, -0.2) is 16.3 Å². The van der Waals surface area contributed by atoms with Crippen LogP contribution in [0, 0.1) is 6.92 Å². The second kappa shape index (κ2) is 7.25. The Labute approximate surface area is 133 Å². The van der Waals surface area contributed by atoms with Gasteiger partial charge in [0.05, 0.1) is 15.9 Å². The molecule has 5 heteroatoms. The maximum Gasteiger partial charge on any atom is 0.0739 e. The first-order valence-electron chi connectivity index (χ1n) is 6.78. The van der Waals surface area contributed by atoms with Crippen molar-refractivity contribution in [2.75, 3.05) is 6.54 Å². The van der Waals surface area contributed by atoms with Crippen LogP contribution in [0.25, 0.3) is 0 Å². The van der Waals surface area contributed by atoms with Gasteiger partial charge in [-0.15, -0.1) is 0 Å². The number of nitrogens with one attached hydrogen (secondary N) is 1. The standard InChI is InChI=1S/C15H19BrClN3/c1-3-20-14(15(16)11(2)19-20)10-18-9-8-12-4-6-13(17)7-5-12/h4-7,18H,3,8-10H2,1-2H3. The van der Waals surface area contributed by atoms with Gasteiger partial charge < -0.3 is 5.32 Å². The van der Waals surface area contributed by atoms with Crippen LogP contribution < -0.4 is 5.32 Å². The summed E-state index contributed by atoms with van der Waals surface area (Å²) in [5.41, 5.74) is 3.55. The fraction of sp³-hybridized carbons (Fsp3) is 0.400. The maximum atomic E-state index is 5.88. The number of aromatic nitrogens is 2. The predicted molar refractivity (Wildman–Crippen MR) is 87.2 cm³/mol. The summed E-state index contributed by atoms with van der Waals surface area (Å²) < 4.78 is 3.15. The monoisotopic (exact) mass is 355 g/mol. The number of hydrogen-bond acceptors (Lipinski definition) is 2. The summed E-state index contributed by atoms with van der Waals surface area (Å²) in [7, 11) is 0. The molecule has 0 spiro atoms. The highest BCUT2D eigenvalue weighted by molar-refractivity contribution is 9.10. The van der Waals surface area contributed by atoms with E-state index < -0.39 is 0 Å². The number of nitrogens with zero attached hydrogens (tertiary/aromatic N) is 2. The lowest BCUT2D eigenvalue weighted by atomic mass is 10.1. The number of benzene rings is 1. The third-order valence-corrected chi connectivity index (χ3v) is 4.53. The van der Waals surface area contributed by atoms with Crippen LogP contribution in [-0.2, 0) is 19.5 Å². The highest BCUT2D eigenvalue weighted by Crippen LogP contribution is 2.20. The van der Waals surface area contributed by atoms with Gasteiger partial charge in [-0.1, -0.05) is 23.7 Å². The molecule has 1 heterocycles. The van der Waals surface area contributed by atoms with Gasteiger partial charge in [0.2, 0.25) is 0 Å². The number of aryl methyl sites for hydroxylation is 2. The maximum absolute atomic E-state index is 5.88. The largest absolute Gasteiger partial charge is 0.311 e. The minimum Gasteiger partial charge on any atom is -0.311 e. The molecule has 1 N–H and O–H groups in total. The van der Waals surface area contributed by atoms with Crippen LogP contribution in [0.2, 0.25) is 5.02 Å². The summed E-state index contributed by atoms with van der Waals surface area (Å²) in [5, 5.41) is 8.75. The van der Waals surface area contributed by atoms with Crippen molar-refractivity contribution in [1.29, 1.82) is 0 Å². The van der Waals surface area contributed by atoms with Crippen LogP contribution in [0.4, 0.5) is 0 Å². The number of rotatable bonds is 6. The molecule has 0 aliphatic heterocycles. The Bertz CT molecular complexity index is 563. The fourth-order valence-electron chi connectivity index (χ4n) is 2.13. The minimum atomic E-state index is 0.785. The number of halogens is 2. The van der Waals surface area contributed by atoms with E-state index in [1.165, 1.54) is 11.3 Å². The van der Waals surface area contributed by atoms with Crippen molar-refractivity contribution in [3.05, 3.63) is 50.7 Å². The van der Waals surface area contributed by atoms with Crippen LogP contribution in [0.5, 0.6) is 0 Å². The molecule has 0 saturated heterocycles. The first kappa shape index (κ1) is 15.5. The predicted octanol–water partition coefficient (Wildman–Crippen LogP) is 3.96. The van der Waals surface area contributed by atoms with Crippen LogP contribution >= 0.6 is 27.5 Å². The van der Waals surface area contributed by atoms with E-state index in [-0.39, 0.29) is 0 Å². The Morgan fingerprint density at radius 3 is 2.65 bits per heavy atom. The first-order valence-corrected chi connectivity index (χ1v) is 7.96. The van der Waals surface area contributed by atoms with Gasteiger partial charge in [0.25, 0.3) is 0 Å². The molecule has 2 aromatic rings.